The van der Waals surface area contributed by atoms with Crippen LogP contribution in [0, 0.1) is 0 Å². The summed E-state index contributed by atoms with van der Waals surface area (Å²) in [6.45, 7) is 0. The number of nitrogens with one attached hydrogen (secondary N) is 2. The highest BCUT2D eigenvalue weighted by molar-refractivity contribution is 7.13. The fourth-order valence-corrected chi connectivity index (χ4v) is 1.88. The molecular weight excluding hydrogens is 270 g/mol. The molecule has 0 aliphatic carbocycles. The maximum absolute atomic E-state index is 11.6. The Balaban J connectivity index is 2.14. The fraction of sp³-hybridized carbons (Fsp3) is 0. The monoisotopic (exact) mass is 279 g/mol. The van der Waals surface area contributed by atoms with Crippen LogP contribution in [-0.2, 0) is 0 Å². The maximum atomic E-state index is 11.6. The maximum Gasteiger partial charge on any atom is 0.337 e. The van der Waals surface area contributed by atoms with Gasteiger partial charge in [-0.3, -0.25) is 5.32 Å². The van der Waals surface area contributed by atoms with Crippen molar-refractivity contribution in [2.24, 2.45) is 0 Å². The van der Waals surface area contributed by atoms with E-state index in [-0.39, 0.29) is 17.0 Å². The lowest BCUT2D eigenvalue weighted by Gasteiger charge is -2.08. The van der Waals surface area contributed by atoms with Crippen LogP contribution in [0.25, 0.3) is 0 Å². The first-order valence-corrected chi connectivity index (χ1v) is 5.98. The van der Waals surface area contributed by atoms with Crippen molar-refractivity contribution in [1.82, 2.24) is 4.98 Å². The number of carbonyl (C=O) groups is 2. The normalized spacial score (nSPS) is 9.89. The average Bonchev–Trinajstić information content (AvgIpc) is 2.83. The summed E-state index contributed by atoms with van der Waals surface area (Å²) in [4.78, 5) is 26.5. The van der Waals surface area contributed by atoms with E-state index < -0.39 is 12.0 Å². The van der Waals surface area contributed by atoms with Crippen LogP contribution < -0.4 is 10.6 Å². The number of nitrogens with zero attached hydrogens (tertiary/aromatic N) is 1. The van der Waals surface area contributed by atoms with Crippen molar-refractivity contribution >= 4 is 34.2 Å². The molecule has 0 radical (unpaired) electrons. The van der Waals surface area contributed by atoms with Crippen molar-refractivity contribution in [2.75, 3.05) is 10.6 Å². The number of carboxylic acids is 1. The average molecular weight is 279 g/mol. The van der Waals surface area contributed by atoms with Crippen LogP contribution in [0.3, 0.4) is 0 Å². The molecule has 1 heterocycles. The molecule has 1 aromatic carbocycles. The molecule has 0 aliphatic heterocycles. The van der Waals surface area contributed by atoms with Crippen LogP contribution in [0.2, 0.25) is 0 Å². The summed E-state index contributed by atoms with van der Waals surface area (Å²) in [5.41, 5.74) is -0.117. The quantitative estimate of drug-likeness (QED) is 0.643. The Bertz CT molecular complexity index is 612. The summed E-state index contributed by atoms with van der Waals surface area (Å²) in [7, 11) is 0. The van der Waals surface area contributed by atoms with Crippen LogP contribution in [0.1, 0.15) is 10.4 Å². The third-order valence-corrected chi connectivity index (χ3v) is 2.82. The number of urea groups is 1. The number of carbonyl (C=O) groups excluding carboxylic acids is 1. The van der Waals surface area contributed by atoms with Gasteiger partial charge in [-0.05, 0) is 18.2 Å². The van der Waals surface area contributed by atoms with Crippen molar-refractivity contribution in [1.29, 1.82) is 0 Å². The van der Waals surface area contributed by atoms with E-state index >= 15 is 0 Å². The van der Waals surface area contributed by atoms with Gasteiger partial charge in [-0.15, -0.1) is 11.3 Å². The summed E-state index contributed by atoms with van der Waals surface area (Å²) in [6, 6.07) is 3.04. The Labute approximate surface area is 111 Å². The highest BCUT2D eigenvalue weighted by Gasteiger charge is 2.13. The van der Waals surface area contributed by atoms with Gasteiger partial charge >= 0.3 is 12.0 Å². The van der Waals surface area contributed by atoms with E-state index in [0.717, 1.165) is 6.07 Å². The SMILES string of the molecule is O=C(Nc1nccs1)Nc1ccc(O)cc1C(=O)O. The number of aromatic carboxylic acids is 1. The third-order valence-electron chi connectivity index (χ3n) is 2.13. The van der Waals surface area contributed by atoms with Gasteiger partial charge in [-0.25, -0.2) is 14.6 Å². The van der Waals surface area contributed by atoms with Gasteiger partial charge in [-0.2, -0.15) is 0 Å². The summed E-state index contributed by atoms with van der Waals surface area (Å²) in [6.07, 6.45) is 1.53. The number of rotatable bonds is 3. The number of benzene rings is 1. The predicted octanol–water partition coefficient (Wildman–Crippen LogP) is 2.19. The van der Waals surface area contributed by atoms with Crippen molar-refractivity contribution in [3.63, 3.8) is 0 Å². The first-order valence-electron chi connectivity index (χ1n) is 5.10. The van der Waals surface area contributed by atoms with Gasteiger partial charge in [0.05, 0.1) is 11.3 Å². The number of phenols is 1. The molecule has 0 fully saturated rings. The Morgan fingerprint density at radius 1 is 1.26 bits per heavy atom. The molecule has 0 saturated heterocycles. The van der Waals surface area contributed by atoms with E-state index in [0.29, 0.717) is 5.13 Å². The van der Waals surface area contributed by atoms with Gasteiger partial charge in [0.15, 0.2) is 5.13 Å². The third kappa shape index (κ3) is 3.19. The molecule has 0 unspecified atom stereocenters. The number of hydrogen-bond acceptors (Lipinski definition) is 5. The van der Waals surface area contributed by atoms with E-state index in [1.807, 2.05) is 0 Å². The van der Waals surface area contributed by atoms with Gasteiger partial charge in [0.1, 0.15) is 5.75 Å². The minimum Gasteiger partial charge on any atom is -0.508 e. The molecule has 2 rings (SSSR count). The Morgan fingerprint density at radius 3 is 2.68 bits per heavy atom. The second-order valence-corrected chi connectivity index (χ2v) is 4.35. The van der Waals surface area contributed by atoms with Gasteiger partial charge in [0.25, 0.3) is 0 Å². The fourth-order valence-electron chi connectivity index (χ4n) is 1.35. The number of aromatic nitrogens is 1. The molecule has 0 aliphatic rings. The van der Waals surface area contributed by atoms with E-state index in [4.69, 9.17) is 5.11 Å². The smallest absolute Gasteiger partial charge is 0.337 e. The molecule has 0 saturated carbocycles. The second kappa shape index (κ2) is 5.36. The van der Waals surface area contributed by atoms with Gasteiger partial charge in [0, 0.05) is 11.6 Å². The molecule has 0 atom stereocenters. The molecule has 98 valence electrons. The summed E-state index contributed by atoms with van der Waals surface area (Å²) >= 11 is 1.24. The van der Waals surface area contributed by atoms with E-state index in [1.54, 1.807) is 5.38 Å². The van der Waals surface area contributed by atoms with Crippen LogP contribution >= 0.6 is 11.3 Å². The van der Waals surface area contributed by atoms with Crippen LogP contribution in [0.5, 0.6) is 5.75 Å². The zero-order valence-electron chi connectivity index (χ0n) is 9.45. The van der Waals surface area contributed by atoms with Gasteiger partial charge in [0.2, 0.25) is 0 Å². The molecule has 1 aromatic heterocycles. The second-order valence-electron chi connectivity index (χ2n) is 3.45. The lowest BCUT2D eigenvalue weighted by Crippen LogP contribution is -2.20. The van der Waals surface area contributed by atoms with Crippen molar-refractivity contribution in [3.8, 4) is 5.75 Å². The van der Waals surface area contributed by atoms with Crippen molar-refractivity contribution in [3.05, 3.63) is 35.3 Å². The first-order chi connectivity index (χ1) is 9.06. The molecule has 2 aromatic rings. The number of carboxylic acid groups (broad SMARTS) is 1. The highest BCUT2D eigenvalue weighted by atomic mass is 32.1. The molecule has 0 spiro atoms. The number of thiazole rings is 1. The molecule has 8 heteroatoms. The Morgan fingerprint density at radius 2 is 2.05 bits per heavy atom. The molecule has 4 N–H and O–H groups in total. The largest absolute Gasteiger partial charge is 0.508 e. The first kappa shape index (κ1) is 12.8. The van der Waals surface area contributed by atoms with Crippen molar-refractivity contribution < 1.29 is 19.8 Å². The highest BCUT2D eigenvalue weighted by Crippen LogP contribution is 2.21. The van der Waals surface area contributed by atoms with E-state index in [2.05, 4.69) is 15.6 Å². The number of anilines is 2. The standard InChI is InChI=1S/C11H9N3O4S/c15-6-1-2-8(7(5-6)9(16)17)13-10(18)14-11-12-3-4-19-11/h1-5,15H,(H,16,17)(H2,12,13,14,18). The minimum atomic E-state index is -1.25. The summed E-state index contributed by atoms with van der Waals surface area (Å²) < 4.78 is 0. The number of amides is 2. The molecule has 0 bridgehead atoms. The lowest BCUT2D eigenvalue weighted by molar-refractivity contribution is 0.0697. The topological polar surface area (TPSA) is 112 Å². The van der Waals surface area contributed by atoms with Crippen LogP contribution in [0.4, 0.5) is 15.6 Å². The molecular formula is C11H9N3O4S. The van der Waals surface area contributed by atoms with Gasteiger partial charge < -0.3 is 15.5 Å². The zero-order valence-corrected chi connectivity index (χ0v) is 10.3. The molecule has 2 amide bonds. The zero-order chi connectivity index (χ0) is 13.8. The van der Waals surface area contributed by atoms with E-state index in [9.17, 15) is 14.7 Å². The summed E-state index contributed by atoms with van der Waals surface area (Å²) in [5, 5.41) is 25.1. The summed E-state index contributed by atoms with van der Waals surface area (Å²) in [5.74, 6) is -1.44. The lowest BCUT2D eigenvalue weighted by atomic mass is 10.1. The number of hydrogen-bond donors (Lipinski definition) is 4. The predicted molar refractivity (Wildman–Crippen MR) is 69.8 cm³/mol. The van der Waals surface area contributed by atoms with Gasteiger partial charge in [-0.1, -0.05) is 0 Å². The van der Waals surface area contributed by atoms with Crippen LogP contribution in [-0.4, -0.2) is 27.2 Å². The molecule has 7 nitrogen and oxygen atoms in total. The minimum absolute atomic E-state index is 0.0827. The van der Waals surface area contributed by atoms with Crippen LogP contribution in [0.15, 0.2) is 29.8 Å². The number of phenolic OH excluding ortho intramolecular Hbond substituents is 1. The van der Waals surface area contributed by atoms with Crippen molar-refractivity contribution in [2.45, 2.75) is 0 Å². The Hall–Kier alpha value is -2.61. The number of aromatic hydroxyl groups is 1. The molecule has 19 heavy (non-hydrogen) atoms. The van der Waals surface area contributed by atoms with E-state index in [1.165, 1.54) is 29.7 Å². The Kier molecular flexibility index (Phi) is 3.62.